The van der Waals surface area contributed by atoms with Crippen LogP contribution in [0.3, 0.4) is 0 Å². The van der Waals surface area contributed by atoms with Gasteiger partial charge in [0.15, 0.2) is 0 Å². The number of aromatic nitrogens is 1. The lowest BCUT2D eigenvalue weighted by molar-refractivity contribution is -0.144. The molecule has 0 fully saturated rings. The average Bonchev–Trinajstić information content (AvgIpc) is 3.28. The van der Waals surface area contributed by atoms with Gasteiger partial charge in [-0.25, -0.2) is 4.98 Å². The van der Waals surface area contributed by atoms with Crippen molar-refractivity contribution in [1.82, 2.24) is 15.2 Å². The van der Waals surface area contributed by atoms with Gasteiger partial charge in [0.2, 0.25) is 5.91 Å². The van der Waals surface area contributed by atoms with Crippen molar-refractivity contribution in [1.29, 1.82) is 0 Å². The van der Waals surface area contributed by atoms with Crippen LogP contribution in [0.2, 0.25) is 0 Å². The zero-order valence-electron chi connectivity index (χ0n) is 16.9. The monoisotopic (exact) mass is 423 g/mol. The molecule has 0 aliphatic carbocycles. The second-order valence-corrected chi connectivity index (χ2v) is 7.64. The highest BCUT2D eigenvalue weighted by molar-refractivity contribution is 7.09. The van der Waals surface area contributed by atoms with Crippen molar-refractivity contribution in [2.75, 3.05) is 19.7 Å². The first kappa shape index (κ1) is 21.7. The Morgan fingerprint density at radius 1 is 1.07 bits per heavy atom. The molecule has 0 aliphatic rings. The number of hydrogen-bond acceptors (Lipinski definition) is 6. The van der Waals surface area contributed by atoms with Crippen LogP contribution in [0.4, 0.5) is 0 Å². The largest absolute Gasteiger partial charge is 0.465 e. The number of nitrogens with one attached hydrogen (secondary N) is 1. The molecule has 3 aromatic rings. The van der Waals surface area contributed by atoms with Crippen LogP contribution >= 0.6 is 11.3 Å². The summed E-state index contributed by atoms with van der Waals surface area (Å²) < 4.78 is 5.08. The molecule has 3 rings (SSSR count). The van der Waals surface area contributed by atoms with Gasteiger partial charge in [-0.05, 0) is 18.1 Å². The van der Waals surface area contributed by atoms with Crippen LogP contribution in [-0.2, 0) is 20.9 Å². The van der Waals surface area contributed by atoms with Crippen LogP contribution in [0.25, 0.3) is 0 Å². The molecule has 0 aliphatic heterocycles. The summed E-state index contributed by atoms with van der Waals surface area (Å²) in [6, 6.07) is 19.2. The highest BCUT2D eigenvalue weighted by Crippen LogP contribution is 2.23. The predicted molar refractivity (Wildman–Crippen MR) is 117 cm³/mol. The molecule has 6 nitrogen and oxygen atoms in total. The fraction of sp³-hybridized carbons (Fsp3) is 0.261. The standard InChI is InChI=1S/C23H25N3O3S/c1-2-29-21(28)17-26(15-18-9-5-3-6-10-18)16-20(27)25-22(23-24-13-14-30-23)19-11-7-4-8-12-19/h3-14,22H,2,15-17H2,1H3,(H,25,27). The van der Waals surface area contributed by atoms with E-state index in [1.807, 2.05) is 66.0 Å². The van der Waals surface area contributed by atoms with Gasteiger partial charge in [-0.15, -0.1) is 11.3 Å². The quantitative estimate of drug-likeness (QED) is 0.506. The molecule has 0 saturated heterocycles. The number of ether oxygens (including phenoxy) is 1. The van der Waals surface area contributed by atoms with Gasteiger partial charge in [-0.3, -0.25) is 14.5 Å². The van der Waals surface area contributed by atoms with Crippen molar-refractivity contribution in [3.63, 3.8) is 0 Å². The number of hydrogen-bond donors (Lipinski definition) is 1. The summed E-state index contributed by atoms with van der Waals surface area (Å²) in [6.07, 6.45) is 1.73. The molecule has 0 spiro atoms. The zero-order valence-corrected chi connectivity index (χ0v) is 17.7. The lowest BCUT2D eigenvalue weighted by Gasteiger charge is -2.23. The third kappa shape index (κ3) is 6.50. The lowest BCUT2D eigenvalue weighted by Crippen LogP contribution is -2.41. The van der Waals surface area contributed by atoms with E-state index in [1.54, 1.807) is 18.0 Å². The van der Waals surface area contributed by atoms with Crippen LogP contribution in [0, 0.1) is 0 Å². The second-order valence-electron chi connectivity index (χ2n) is 6.72. The molecule has 1 atom stereocenters. The normalized spacial score (nSPS) is 11.8. The van der Waals surface area contributed by atoms with Crippen LogP contribution in [-0.4, -0.2) is 41.5 Å². The Hall–Kier alpha value is -3.03. The third-order valence-electron chi connectivity index (χ3n) is 4.41. The summed E-state index contributed by atoms with van der Waals surface area (Å²) in [5.41, 5.74) is 1.98. The number of thiazole rings is 1. The van der Waals surface area contributed by atoms with Crippen LogP contribution in [0.1, 0.15) is 29.1 Å². The number of nitrogens with zero attached hydrogens (tertiary/aromatic N) is 2. The SMILES string of the molecule is CCOC(=O)CN(CC(=O)NC(c1ccccc1)c1nccs1)Cc1ccccc1. The average molecular weight is 424 g/mol. The molecule has 0 radical (unpaired) electrons. The van der Waals surface area contributed by atoms with E-state index in [1.165, 1.54) is 11.3 Å². The highest BCUT2D eigenvalue weighted by atomic mass is 32.1. The van der Waals surface area contributed by atoms with Crippen molar-refractivity contribution in [3.8, 4) is 0 Å². The van der Waals surface area contributed by atoms with E-state index in [9.17, 15) is 9.59 Å². The molecule has 1 unspecified atom stereocenters. The first-order valence-corrected chi connectivity index (χ1v) is 10.7. The van der Waals surface area contributed by atoms with Gasteiger partial charge in [0.25, 0.3) is 0 Å². The van der Waals surface area contributed by atoms with Crippen LogP contribution in [0.5, 0.6) is 0 Å². The maximum atomic E-state index is 12.9. The maximum absolute atomic E-state index is 12.9. The fourth-order valence-electron chi connectivity index (χ4n) is 3.12. The highest BCUT2D eigenvalue weighted by Gasteiger charge is 2.22. The summed E-state index contributed by atoms with van der Waals surface area (Å²) in [5, 5.41) is 5.78. The summed E-state index contributed by atoms with van der Waals surface area (Å²) in [4.78, 5) is 31.2. The van der Waals surface area contributed by atoms with Crippen molar-refractivity contribution in [2.45, 2.75) is 19.5 Å². The van der Waals surface area contributed by atoms with Gasteiger partial charge in [0, 0.05) is 18.1 Å². The Morgan fingerprint density at radius 2 is 1.77 bits per heavy atom. The number of amides is 1. The van der Waals surface area contributed by atoms with E-state index >= 15 is 0 Å². The van der Waals surface area contributed by atoms with Gasteiger partial charge in [0.1, 0.15) is 11.0 Å². The van der Waals surface area contributed by atoms with Crippen LogP contribution in [0.15, 0.2) is 72.2 Å². The van der Waals surface area contributed by atoms with Crippen molar-refractivity contribution < 1.29 is 14.3 Å². The van der Waals surface area contributed by atoms with E-state index < -0.39 is 0 Å². The van der Waals surface area contributed by atoms with Gasteiger partial charge >= 0.3 is 5.97 Å². The summed E-state index contributed by atoms with van der Waals surface area (Å²) in [6.45, 7) is 2.67. The van der Waals surface area contributed by atoms with E-state index in [2.05, 4.69) is 10.3 Å². The van der Waals surface area contributed by atoms with Gasteiger partial charge < -0.3 is 10.1 Å². The Labute approximate surface area is 180 Å². The molecule has 30 heavy (non-hydrogen) atoms. The van der Waals surface area contributed by atoms with Gasteiger partial charge in [0.05, 0.1) is 19.7 Å². The topological polar surface area (TPSA) is 71.5 Å². The Bertz CT molecular complexity index is 917. The molecule has 0 bridgehead atoms. The number of carbonyl (C=O) groups is 2. The third-order valence-corrected chi connectivity index (χ3v) is 5.25. The molecule has 7 heteroatoms. The minimum atomic E-state index is -0.347. The number of esters is 1. The van der Waals surface area contributed by atoms with Gasteiger partial charge in [-0.1, -0.05) is 60.7 Å². The maximum Gasteiger partial charge on any atom is 0.320 e. The van der Waals surface area contributed by atoms with Crippen molar-refractivity contribution in [3.05, 3.63) is 88.4 Å². The summed E-state index contributed by atoms with van der Waals surface area (Å²) in [7, 11) is 0. The molecule has 0 saturated carbocycles. The molecular weight excluding hydrogens is 398 g/mol. The first-order chi connectivity index (χ1) is 14.7. The summed E-state index contributed by atoms with van der Waals surface area (Å²) in [5.74, 6) is -0.528. The zero-order chi connectivity index (χ0) is 21.2. The molecular formula is C23H25N3O3S. The number of carbonyl (C=O) groups excluding carboxylic acids is 2. The Kier molecular flexibility index (Phi) is 8.11. The molecule has 156 valence electrons. The fourth-order valence-corrected chi connectivity index (χ4v) is 3.83. The van der Waals surface area contributed by atoms with E-state index in [0.29, 0.717) is 13.2 Å². The minimum absolute atomic E-state index is 0.0450. The molecule has 1 amide bonds. The minimum Gasteiger partial charge on any atom is -0.465 e. The Morgan fingerprint density at radius 3 is 2.40 bits per heavy atom. The van der Waals surface area contributed by atoms with Crippen molar-refractivity contribution in [2.24, 2.45) is 0 Å². The molecule has 1 aromatic heterocycles. The van der Waals surface area contributed by atoms with E-state index in [4.69, 9.17) is 4.74 Å². The number of benzene rings is 2. The summed E-state index contributed by atoms with van der Waals surface area (Å²) >= 11 is 1.49. The predicted octanol–water partition coefficient (Wildman–Crippen LogP) is 3.41. The van der Waals surface area contributed by atoms with E-state index in [-0.39, 0.29) is 31.0 Å². The lowest BCUT2D eigenvalue weighted by atomic mass is 10.1. The smallest absolute Gasteiger partial charge is 0.320 e. The molecule has 2 aromatic carbocycles. The van der Waals surface area contributed by atoms with Gasteiger partial charge in [-0.2, -0.15) is 0 Å². The first-order valence-electron chi connectivity index (χ1n) is 9.81. The molecule has 1 heterocycles. The van der Waals surface area contributed by atoms with Crippen molar-refractivity contribution >= 4 is 23.2 Å². The van der Waals surface area contributed by atoms with Crippen LogP contribution < -0.4 is 5.32 Å². The van der Waals surface area contributed by atoms with E-state index in [0.717, 1.165) is 16.1 Å². The second kappa shape index (κ2) is 11.2. The Balaban J connectivity index is 1.72. The number of rotatable bonds is 10. The molecule has 1 N–H and O–H groups in total.